The summed E-state index contributed by atoms with van der Waals surface area (Å²) in [5.41, 5.74) is 7.76. The van der Waals surface area contributed by atoms with E-state index in [0.717, 1.165) is 64.2 Å². The number of nitrogens with zero attached hydrogens (tertiary/aromatic N) is 2. The highest BCUT2D eigenvalue weighted by Gasteiger charge is 2.32. The minimum absolute atomic E-state index is 0.0237. The van der Waals surface area contributed by atoms with Crippen LogP contribution in [0.25, 0.3) is 11.8 Å². The van der Waals surface area contributed by atoms with E-state index in [-0.39, 0.29) is 11.6 Å². The Labute approximate surface area is 280 Å². The second kappa shape index (κ2) is 12.0. The van der Waals surface area contributed by atoms with Gasteiger partial charge >= 0.3 is 0 Å². The lowest BCUT2D eigenvalue weighted by molar-refractivity contribution is 0.301. The van der Waals surface area contributed by atoms with Crippen molar-refractivity contribution in [2.75, 3.05) is 7.11 Å². The van der Waals surface area contributed by atoms with Crippen molar-refractivity contribution in [1.29, 1.82) is 0 Å². The number of hydrogen-bond acceptors (Lipinski definition) is 5. The molecule has 1 aromatic heterocycles. The number of benzene rings is 4. The molecular weight excluding hydrogens is 782 g/mol. The van der Waals surface area contributed by atoms with E-state index in [0.29, 0.717) is 11.1 Å². The Morgan fingerprint density at radius 1 is 0.953 bits per heavy atom. The molecule has 0 saturated heterocycles. The van der Waals surface area contributed by atoms with Crippen LogP contribution in [0.2, 0.25) is 0 Å². The fraction of sp³-hybridized carbons (Fsp3) is 0.143. The van der Waals surface area contributed by atoms with Crippen LogP contribution >= 0.6 is 56.5 Å². The van der Waals surface area contributed by atoms with Gasteiger partial charge in [-0.25, -0.2) is 4.99 Å². The zero-order valence-corrected chi connectivity index (χ0v) is 28.4. The average molecular weight is 808 g/mol. The van der Waals surface area contributed by atoms with Crippen molar-refractivity contribution in [3.05, 3.63) is 151 Å². The van der Waals surface area contributed by atoms with E-state index in [1.54, 1.807) is 7.11 Å². The second-order valence-corrected chi connectivity index (χ2v) is 13.8. The van der Waals surface area contributed by atoms with Gasteiger partial charge in [-0.15, -0.1) is 0 Å². The Bertz CT molecular complexity index is 2040. The highest BCUT2D eigenvalue weighted by atomic mass is 127. The molecule has 1 aliphatic heterocycles. The van der Waals surface area contributed by atoms with Crippen molar-refractivity contribution in [1.82, 2.24) is 4.57 Å². The molecule has 4 aromatic carbocycles. The molecule has 0 fully saturated rings. The number of ether oxygens (including phenoxy) is 2. The fourth-order valence-electron chi connectivity index (χ4n) is 5.79. The van der Waals surface area contributed by atoms with Gasteiger partial charge < -0.3 is 9.47 Å². The molecule has 0 unspecified atom stereocenters. The predicted octanol–water partition coefficient (Wildman–Crippen LogP) is 7.12. The molecule has 5 aromatic rings. The molecule has 7 rings (SSSR count). The number of methoxy groups -OCH3 is 1. The minimum Gasteiger partial charge on any atom is -0.497 e. The van der Waals surface area contributed by atoms with Gasteiger partial charge in [-0.05, 0) is 116 Å². The summed E-state index contributed by atoms with van der Waals surface area (Å²) in [6.45, 7) is 0.504. The van der Waals surface area contributed by atoms with E-state index < -0.39 is 0 Å². The van der Waals surface area contributed by atoms with Crippen molar-refractivity contribution in [3.63, 3.8) is 0 Å². The van der Waals surface area contributed by atoms with Crippen LogP contribution in [0.3, 0.4) is 0 Å². The molecular formula is C35H26I2N2O3S. The Balaban J connectivity index is 1.32. The van der Waals surface area contributed by atoms with Gasteiger partial charge in [-0.3, -0.25) is 9.36 Å². The molecule has 1 aliphatic carbocycles. The third-order valence-electron chi connectivity index (χ3n) is 7.85. The molecule has 0 amide bonds. The zero-order chi connectivity index (χ0) is 29.5. The van der Waals surface area contributed by atoms with Gasteiger partial charge in [0.25, 0.3) is 5.56 Å². The maximum absolute atomic E-state index is 14.1. The zero-order valence-electron chi connectivity index (χ0n) is 23.2. The molecule has 0 spiro atoms. The third-order valence-corrected chi connectivity index (χ3v) is 10.4. The molecule has 8 heteroatoms. The van der Waals surface area contributed by atoms with Crippen molar-refractivity contribution < 1.29 is 9.47 Å². The van der Waals surface area contributed by atoms with E-state index in [4.69, 9.17) is 14.5 Å². The van der Waals surface area contributed by atoms with Gasteiger partial charge in [-0.1, -0.05) is 78.1 Å². The first-order valence-corrected chi connectivity index (χ1v) is 16.9. The third kappa shape index (κ3) is 5.49. The van der Waals surface area contributed by atoms with Crippen LogP contribution < -0.4 is 24.4 Å². The molecule has 0 bridgehead atoms. The first-order chi connectivity index (χ1) is 21.0. The van der Waals surface area contributed by atoms with Crippen molar-refractivity contribution in [2.45, 2.75) is 25.5 Å². The Hall–Kier alpha value is -3.22. The van der Waals surface area contributed by atoms with Crippen LogP contribution in [0.1, 0.15) is 40.3 Å². The van der Waals surface area contributed by atoms with Crippen LogP contribution in [0, 0.1) is 7.14 Å². The Morgan fingerprint density at radius 2 is 1.67 bits per heavy atom. The van der Waals surface area contributed by atoms with Crippen LogP contribution in [0.15, 0.2) is 106 Å². The number of aryl methyl sites for hydroxylation is 1. The topological polar surface area (TPSA) is 52.8 Å². The van der Waals surface area contributed by atoms with Crippen LogP contribution in [-0.4, -0.2) is 11.7 Å². The monoisotopic (exact) mass is 808 g/mol. The smallest absolute Gasteiger partial charge is 0.271 e. The summed E-state index contributed by atoms with van der Waals surface area (Å²) < 4.78 is 16.2. The van der Waals surface area contributed by atoms with Crippen LogP contribution in [0.5, 0.6) is 11.5 Å². The van der Waals surface area contributed by atoms with Gasteiger partial charge in [0, 0.05) is 5.56 Å². The van der Waals surface area contributed by atoms with E-state index in [9.17, 15) is 4.79 Å². The summed E-state index contributed by atoms with van der Waals surface area (Å²) in [5.74, 6) is 1.65. The normalized spacial score (nSPS) is 15.8. The number of aromatic nitrogens is 1. The summed E-state index contributed by atoms with van der Waals surface area (Å²) in [6.07, 6.45) is 3.77. The van der Waals surface area contributed by atoms with Gasteiger partial charge in [0.2, 0.25) is 0 Å². The molecule has 43 heavy (non-hydrogen) atoms. The van der Waals surface area contributed by atoms with Gasteiger partial charge in [0.05, 0.1) is 30.5 Å². The second-order valence-electron chi connectivity index (χ2n) is 10.5. The van der Waals surface area contributed by atoms with E-state index in [2.05, 4.69) is 106 Å². The van der Waals surface area contributed by atoms with Gasteiger partial charge in [0.1, 0.15) is 18.1 Å². The molecule has 5 nitrogen and oxygen atoms in total. The van der Waals surface area contributed by atoms with Crippen LogP contribution in [-0.2, 0) is 13.0 Å². The highest BCUT2D eigenvalue weighted by Crippen LogP contribution is 2.41. The quantitative estimate of drug-likeness (QED) is 0.172. The number of fused-ring (bicyclic) bond motifs is 3. The summed E-state index contributed by atoms with van der Waals surface area (Å²) >= 11 is 6.08. The first kappa shape index (κ1) is 28.5. The summed E-state index contributed by atoms with van der Waals surface area (Å²) in [6, 6.07) is 30.6. The number of rotatable bonds is 6. The number of thiazole rings is 1. The maximum Gasteiger partial charge on any atom is 0.271 e. The summed E-state index contributed by atoms with van der Waals surface area (Å²) in [5, 5.41) is 0. The molecule has 0 radical (unpaired) electrons. The lowest BCUT2D eigenvalue weighted by atomic mass is 9.83. The fourth-order valence-corrected chi connectivity index (χ4v) is 8.92. The molecule has 2 heterocycles. The molecule has 1 atom stereocenters. The van der Waals surface area contributed by atoms with Gasteiger partial charge in [-0.2, -0.15) is 0 Å². The largest absolute Gasteiger partial charge is 0.497 e. The Morgan fingerprint density at radius 3 is 2.42 bits per heavy atom. The lowest BCUT2D eigenvalue weighted by Gasteiger charge is -2.30. The summed E-state index contributed by atoms with van der Waals surface area (Å²) in [7, 11) is 1.67. The molecule has 2 aliphatic rings. The van der Waals surface area contributed by atoms with E-state index in [1.807, 2.05) is 41.0 Å². The highest BCUT2D eigenvalue weighted by molar-refractivity contribution is 14.1. The van der Waals surface area contributed by atoms with Gasteiger partial charge in [0.15, 0.2) is 4.80 Å². The number of halogens is 2. The number of allylic oxidation sites excluding steroid dienone is 1. The van der Waals surface area contributed by atoms with E-state index in [1.165, 1.54) is 22.5 Å². The number of hydrogen-bond donors (Lipinski definition) is 0. The van der Waals surface area contributed by atoms with Crippen LogP contribution in [0.4, 0.5) is 0 Å². The molecule has 0 saturated carbocycles. The Kier molecular flexibility index (Phi) is 8.00. The van der Waals surface area contributed by atoms with Crippen molar-refractivity contribution in [2.24, 2.45) is 4.99 Å². The van der Waals surface area contributed by atoms with E-state index >= 15 is 0 Å². The minimum atomic E-state index is -0.221. The van der Waals surface area contributed by atoms with Crippen molar-refractivity contribution in [3.8, 4) is 11.5 Å². The SMILES string of the molecule is COc1ccc([C@@H]2C3=C(N=c4s/c(=C\c5cc(I)c(OCc6ccccc6)c(I)c5)c(=O)n42)c2ccccc2CC3)cc1. The predicted molar refractivity (Wildman–Crippen MR) is 188 cm³/mol. The first-order valence-electron chi connectivity index (χ1n) is 13.9. The summed E-state index contributed by atoms with van der Waals surface area (Å²) in [4.78, 5) is 20.0. The van der Waals surface area contributed by atoms with Crippen molar-refractivity contribution >= 4 is 68.3 Å². The molecule has 214 valence electrons. The molecule has 0 N–H and O–H groups in total. The standard InChI is InChI=1S/C35H26I2N2O3S/c1-41-25-14-11-24(12-15-25)32-27-16-13-23-9-5-6-10-26(23)31(27)38-35-39(32)34(40)30(43-35)19-22-17-28(36)33(29(37)18-22)42-20-21-7-3-2-4-8-21/h2-12,14-15,17-19,32H,13,16,20H2,1H3/b30-19-/t32-/m1/s1. The average Bonchev–Trinajstić information content (AvgIpc) is 3.34. The lowest BCUT2D eigenvalue weighted by Crippen LogP contribution is -2.38. The maximum atomic E-state index is 14.1.